The van der Waals surface area contributed by atoms with E-state index in [-0.39, 0.29) is 50.1 Å². The zero-order chi connectivity index (χ0) is 36.4. The molecular weight excluding hydrogens is 636 g/mol. The average molecular weight is 687 g/mol. The molecule has 2 amide bonds. The molecule has 1 aromatic rings. The Labute approximate surface area is 286 Å². The molecule has 1 unspecified atom stereocenters. The summed E-state index contributed by atoms with van der Waals surface area (Å²) in [6.45, 7) is 8.46. The van der Waals surface area contributed by atoms with E-state index in [1.165, 1.54) is 37.7 Å². The summed E-state index contributed by atoms with van der Waals surface area (Å²) in [5, 5.41) is 46.6. The van der Waals surface area contributed by atoms with Gasteiger partial charge in [0, 0.05) is 56.9 Å². The number of likely N-dealkylation sites (N-methyl/N-ethyl adjacent to an activating group) is 1. The number of aliphatic hydroxyl groups excluding tert-OH is 2. The highest BCUT2D eigenvalue weighted by Gasteiger charge is 2.64. The van der Waals surface area contributed by atoms with Gasteiger partial charge in [0.1, 0.15) is 22.8 Å². The van der Waals surface area contributed by atoms with E-state index < -0.39 is 87.2 Å². The van der Waals surface area contributed by atoms with Gasteiger partial charge in [0.05, 0.1) is 11.6 Å². The van der Waals surface area contributed by atoms with Crippen molar-refractivity contribution >= 4 is 40.8 Å². The van der Waals surface area contributed by atoms with Crippen LogP contribution in [0.25, 0.3) is 5.76 Å². The molecule has 0 spiro atoms. The number of benzene rings is 1. The summed E-state index contributed by atoms with van der Waals surface area (Å²) in [6.07, 6.45) is -1.03. The SMILES string of the molecule is C.CC(=O)OC(C)C(=O)N(Cc1cc(N(C)C)c2c(c1O)C(O)=C1C(=O)[C@]3(O)C(O)=C(C(N)=O)C(=O)[C@H](N(C)C)[C@@H]3C[C@@H]1C2)CC(C)(C)C. The minimum Gasteiger partial charge on any atom is -0.508 e. The molecule has 3 aliphatic carbocycles. The normalized spacial score (nSPS) is 24.0. The number of fused-ring (bicyclic) bond motifs is 3. The Bertz CT molecular complexity index is 1650. The van der Waals surface area contributed by atoms with E-state index in [0.29, 0.717) is 11.3 Å². The largest absolute Gasteiger partial charge is 0.508 e. The highest BCUT2D eigenvalue weighted by molar-refractivity contribution is 6.24. The number of ether oxygens (including phenoxy) is 1. The maximum Gasteiger partial charge on any atom is 0.303 e. The van der Waals surface area contributed by atoms with E-state index in [1.54, 1.807) is 25.1 Å². The lowest BCUT2D eigenvalue weighted by molar-refractivity contribution is -0.158. The number of carbonyl (C=O) groups is 5. The Morgan fingerprint density at radius 3 is 2.18 bits per heavy atom. The van der Waals surface area contributed by atoms with Crippen LogP contribution in [-0.2, 0) is 41.7 Å². The van der Waals surface area contributed by atoms with Gasteiger partial charge in [-0.15, -0.1) is 0 Å². The van der Waals surface area contributed by atoms with E-state index in [9.17, 15) is 44.4 Å². The molecule has 0 aromatic heterocycles. The zero-order valence-corrected chi connectivity index (χ0v) is 28.9. The fourth-order valence-corrected chi connectivity index (χ4v) is 7.41. The molecule has 49 heavy (non-hydrogen) atoms. The third-order valence-corrected chi connectivity index (χ3v) is 9.29. The monoisotopic (exact) mass is 686 g/mol. The Balaban J connectivity index is 0.00000650. The van der Waals surface area contributed by atoms with Gasteiger partial charge >= 0.3 is 5.97 Å². The number of carbonyl (C=O) groups excluding carboxylic acids is 5. The Morgan fingerprint density at radius 2 is 1.69 bits per heavy atom. The van der Waals surface area contributed by atoms with Gasteiger partial charge in [-0.25, -0.2) is 0 Å². The standard InChI is InChI=1S/C34H46N4O10.CH4/c1-15(48-16(2)39)32(46)38(14-33(3,4)5)13-18-12-21(36(6)7)19-10-17-11-20-25(37(8)9)28(42)24(31(35)45)30(44)34(20,47)29(43)22(17)27(41)23(19)26(18)40;/h12,15,17,20,25,40-41,44,47H,10-11,13-14H2,1-9H3,(H2,35,45);1H4/t15?,17-,20-,25+,34-;/m0./s1. The molecule has 1 saturated carbocycles. The summed E-state index contributed by atoms with van der Waals surface area (Å²) in [6, 6.07) is 0.500. The highest BCUT2D eigenvalue weighted by atomic mass is 16.5. The molecule has 0 aliphatic heterocycles. The Kier molecular flexibility index (Phi) is 10.7. The van der Waals surface area contributed by atoms with Crippen molar-refractivity contribution < 1.29 is 49.1 Å². The highest BCUT2D eigenvalue weighted by Crippen LogP contribution is 2.54. The van der Waals surface area contributed by atoms with Gasteiger partial charge in [0.15, 0.2) is 17.5 Å². The van der Waals surface area contributed by atoms with E-state index >= 15 is 0 Å². The topological polar surface area (TPSA) is 211 Å². The molecular formula is C35H50N4O10. The lowest BCUT2D eigenvalue weighted by Crippen LogP contribution is -2.65. The first-order valence-corrected chi connectivity index (χ1v) is 15.7. The summed E-state index contributed by atoms with van der Waals surface area (Å²) >= 11 is 0. The van der Waals surface area contributed by atoms with Crippen LogP contribution < -0.4 is 10.6 Å². The molecule has 3 aliphatic rings. The van der Waals surface area contributed by atoms with Crippen LogP contribution in [0.15, 0.2) is 23.0 Å². The summed E-state index contributed by atoms with van der Waals surface area (Å²) in [5.41, 5.74) is 2.31. The lowest BCUT2D eigenvalue weighted by Gasteiger charge is -2.50. The maximum atomic E-state index is 14.3. The van der Waals surface area contributed by atoms with E-state index in [0.717, 1.165) is 0 Å². The number of aliphatic hydroxyl groups is 3. The van der Waals surface area contributed by atoms with Gasteiger partial charge < -0.3 is 40.7 Å². The molecule has 0 bridgehead atoms. The van der Waals surface area contributed by atoms with Crippen LogP contribution in [-0.4, -0.2) is 112 Å². The Hall–Kier alpha value is -4.43. The molecule has 5 atom stereocenters. The Morgan fingerprint density at radius 1 is 1.10 bits per heavy atom. The van der Waals surface area contributed by atoms with Gasteiger partial charge in [0.25, 0.3) is 11.8 Å². The van der Waals surface area contributed by atoms with Crippen molar-refractivity contribution in [2.24, 2.45) is 23.0 Å². The number of aromatic hydroxyl groups is 1. The van der Waals surface area contributed by atoms with Crippen molar-refractivity contribution in [1.82, 2.24) is 9.80 Å². The second kappa shape index (κ2) is 13.5. The number of rotatable bonds is 8. The molecule has 0 radical (unpaired) electrons. The predicted molar refractivity (Wildman–Crippen MR) is 181 cm³/mol. The molecule has 0 heterocycles. The van der Waals surface area contributed by atoms with Gasteiger partial charge in [-0.05, 0) is 56.8 Å². The minimum atomic E-state index is -2.76. The quantitative estimate of drug-likeness (QED) is 0.196. The van der Waals surface area contributed by atoms with Crippen LogP contribution in [0.1, 0.15) is 65.2 Å². The van der Waals surface area contributed by atoms with Crippen molar-refractivity contribution in [3.05, 3.63) is 39.7 Å². The third kappa shape index (κ3) is 6.63. The van der Waals surface area contributed by atoms with Crippen LogP contribution >= 0.6 is 0 Å². The molecule has 1 fully saturated rings. The summed E-state index contributed by atoms with van der Waals surface area (Å²) in [5.74, 6) is -8.51. The number of ketones is 2. The van der Waals surface area contributed by atoms with Crippen LogP contribution in [0.4, 0.5) is 5.69 Å². The molecule has 6 N–H and O–H groups in total. The van der Waals surface area contributed by atoms with E-state index in [4.69, 9.17) is 10.5 Å². The van der Waals surface area contributed by atoms with E-state index in [1.807, 2.05) is 20.8 Å². The summed E-state index contributed by atoms with van der Waals surface area (Å²) in [7, 11) is 6.60. The first kappa shape index (κ1) is 39.0. The number of hydrogen-bond donors (Lipinski definition) is 5. The first-order valence-electron chi connectivity index (χ1n) is 15.7. The number of amides is 2. The number of Topliss-reactive ketones (excluding diaryl/α,β-unsaturated/α-hetero) is 2. The van der Waals surface area contributed by atoms with Crippen molar-refractivity contribution in [3.8, 4) is 5.75 Å². The smallest absolute Gasteiger partial charge is 0.303 e. The van der Waals surface area contributed by atoms with Gasteiger partial charge in [-0.3, -0.25) is 28.9 Å². The second-order valence-corrected chi connectivity index (χ2v) is 14.6. The van der Waals surface area contributed by atoms with Crippen molar-refractivity contribution in [3.63, 3.8) is 0 Å². The second-order valence-electron chi connectivity index (χ2n) is 14.6. The average Bonchev–Trinajstić information content (AvgIpc) is 2.93. The summed E-state index contributed by atoms with van der Waals surface area (Å²) in [4.78, 5) is 69.6. The van der Waals surface area contributed by atoms with Crippen LogP contribution in [0.5, 0.6) is 5.75 Å². The zero-order valence-electron chi connectivity index (χ0n) is 28.9. The number of hydrogen-bond acceptors (Lipinski definition) is 12. The molecule has 0 saturated heterocycles. The number of phenols is 1. The number of anilines is 1. The van der Waals surface area contributed by atoms with Crippen molar-refractivity contribution in [1.29, 1.82) is 0 Å². The number of primary amides is 1. The van der Waals surface area contributed by atoms with Gasteiger partial charge in [0.2, 0.25) is 5.78 Å². The number of esters is 1. The molecule has 4 rings (SSSR count). The number of nitrogens with two attached hydrogens (primary N) is 1. The van der Waals surface area contributed by atoms with Crippen molar-refractivity contribution in [2.75, 3.05) is 39.6 Å². The summed E-state index contributed by atoms with van der Waals surface area (Å²) < 4.78 is 5.14. The first-order chi connectivity index (χ1) is 22.0. The van der Waals surface area contributed by atoms with E-state index in [2.05, 4.69) is 0 Å². The predicted octanol–water partition coefficient (Wildman–Crippen LogP) is 1.99. The maximum absolute atomic E-state index is 14.3. The van der Waals surface area contributed by atoms with Crippen LogP contribution in [0.2, 0.25) is 0 Å². The molecule has 270 valence electrons. The molecule has 14 nitrogen and oxygen atoms in total. The van der Waals surface area contributed by atoms with Gasteiger partial charge in [-0.1, -0.05) is 28.2 Å². The minimum absolute atomic E-state index is 0. The number of nitrogens with zero attached hydrogens (tertiary/aromatic N) is 3. The fourth-order valence-electron chi connectivity index (χ4n) is 7.41. The van der Waals surface area contributed by atoms with Crippen molar-refractivity contribution in [2.45, 2.75) is 79.2 Å². The lowest BCUT2D eigenvalue weighted by atomic mass is 9.57. The third-order valence-electron chi connectivity index (χ3n) is 9.29. The number of phenolic OH excluding ortho intramolecular Hbond substituents is 1. The van der Waals surface area contributed by atoms with Crippen LogP contribution in [0, 0.1) is 17.3 Å². The molecule has 1 aromatic carbocycles. The van der Waals surface area contributed by atoms with Gasteiger partial charge in [-0.2, -0.15) is 0 Å². The fraction of sp³-hybridized carbons (Fsp3) is 0.571. The molecule has 14 heteroatoms. The van der Waals surface area contributed by atoms with Crippen LogP contribution in [0.3, 0.4) is 0 Å².